The van der Waals surface area contributed by atoms with Crippen LogP contribution in [0.4, 0.5) is 0 Å². The molecule has 5 rings (SSSR count). The monoisotopic (exact) mass is 463 g/mol. The lowest BCUT2D eigenvalue weighted by atomic mass is 9.71. The molecular weight excluding hydrogens is 426 g/mol. The number of quaternary nitrogens is 1. The number of aliphatic hydroxyl groups is 1. The first kappa shape index (κ1) is 24.6. The van der Waals surface area contributed by atoms with Gasteiger partial charge >= 0.3 is 0 Å². The normalized spacial score (nSPS) is 28.9. The Balaban J connectivity index is 0.000000195. The van der Waals surface area contributed by atoms with E-state index in [4.69, 9.17) is 0 Å². The van der Waals surface area contributed by atoms with Crippen molar-refractivity contribution in [2.75, 3.05) is 7.05 Å². The van der Waals surface area contributed by atoms with E-state index in [-0.39, 0.29) is 40.2 Å². The summed E-state index contributed by atoms with van der Waals surface area (Å²) >= 11 is 0. The average molecular weight is 464 g/mol. The molecule has 34 heavy (non-hydrogen) atoms. The number of carboxylic acids is 1. The summed E-state index contributed by atoms with van der Waals surface area (Å²) in [5.41, 5.74) is 2.34. The third kappa shape index (κ3) is 4.32. The number of benzene rings is 2. The molecule has 0 aliphatic heterocycles. The quantitative estimate of drug-likeness (QED) is 0.643. The van der Waals surface area contributed by atoms with Crippen molar-refractivity contribution in [3.05, 3.63) is 71.3 Å². The Kier molecular flexibility index (Phi) is 7.25. The predicted molar refractivity (Wildman–Crippen MR) is 129 cm³/mol. The zero-order valence-electron chi connectivity index (χ0n) is 20.3. The van der Waals surface area contributed by atoms with Gasteiger partial charge in [-0.05, 0) is 54.6 Å². The third-order valence-corrected chi connectivity index (χ3v) is 8.84. The zero-order valence-corrected chi connectivity index (χ0v) is 20.3. The highest BCUT2D eigenvalue weighted by Gasteiger charge is 2.77. The fraction of sp³-hybridized carbons (Fsp3) is 0.517. The molecule has 2 aromatic rings. The highest BCUT2D eigenvalue weighted by molar-refractivity contribution is 6.02. The van der Waals surface area contributed by atoms with Crippen LogP contribution in [0.15, 0.2) is 54.6 Å². The van der Waals surface area contributed by atoms with Gasteiger partial charge in [-0.15, -0.1) is 0 Å². The van der Waals surface area contributed by atoms with Crippen LogP contribution in [0.25, 0.3) is 0 Å². The number of hydrogen-bond donors (Lipinski definition) is 2. The van der Waals surface area contributed by atoms with Gasteiger partial charge in [0.25, 0.3) is 0 Å². The summed E-state index contributed by atoms with van der Waals surface area (Å²) < 4.78 is 0. The number of rotatable bonds is 6. The van der Waals surface area contributed by atoms with Gasteiger partial charge in [-0.2, -0.15) is 0 Å². The third-order valence-electron chi connectivity index (χ3n) is 8.84. The van der Waals surface area contributed by atoms with E-state index in [0.717, 1.165) is 5.56 Å². The van der Waals surface area contributed by atoms with Crippen molar-refractivity contribution in [2.24, 2.45) is 16.7 Å². The Morgan fingerprint density at radius 3 is 1.79 bits per heavy atom. The molecule has 2 atom stereocenters. The summed E-state index contributed by atoms with van der Waals surface area (Å²) in [5, 5.41) is 22.6. The van der Waals surface area contributed by atoms with Crippen molar-refractivity contribution in [3.8, 4) is 0 Å². The molecule has 182 valence electrons. The van der Waals surface area contributed by atoms with Gasteiger partial charge in [0.1, 0.15) is 12.1 Å². The van der Waals surface area contributed by atoms with Gasteiger partial charge in [0.05, 0.1) is 13.0 Å². The lowest BCUT2D eigenvalue weighted by molar-refractivity contribution is -0.669. The topological polar surface area (TPSA) is 94.0 Å². The minimum absolute atomic E-state index is 0.138. The van der Waals surface area contributed by atoms with Crippen LogP contribution in [0.2, 0.25) is 0 Å². The lowest BCUT2D eigenvalue weighted by Gasteiger charge is -2.34. The van der Waals surface area contributed by atoms with Crippen molar-refractivity contribution in [1.82, 2.24) is 0 Å². The van der Waals surface area contributed by atoms with Crippen LogP contribution in [0, 0.1) is 16.7 Å². The van der Waals surface area contributed by atoms with Crippen molar-refractivity contribution in [3.63, 3.8) is 0 Å². The fourth-order valence-electron chi connectivity index (χ4n) is 6.90. The molecule has 5 nitrogen and oxygen atoms in total. The Hall–Kier alpha value is -2.50. The van der Waals surface area contributed by atoms with E-state index >= 15 is 0 Å². The lowest BCUT2D eigenvalue weighted by Crippen LogP contribution is -2.86. The highest BCUT2D eigenvalue weighted by Crippen LogP contribution is 2.81. The molecule has 2 aromatic carbocycles. The minimum atomic E-state index is -1.19. The van der Waals surface area contributed by atoms with Crippen molar-refractivity contribution >= 4 is 11.8 Å². The summed E-state index contributed by atoms with van der Waals surface area (Å²) in [6.45, 7) is 2.01. The van der Waals surface area contributed by atoms with E-state index in [1.165, 1.54) is 63.5 Å². The van der Waals surface area contributed by atoms with Gasteiger partial charge in [-0.3, -0.25) is 4.79 Å². The Morgan fingerprint density at radius 2 is 1.35 bits per heavy atom. The smallest absolute Gasteiger partial charge is 0.167 e. The van der Waals surface area contributed by atoms with Crippen LogP contribution in [-0.4, -0.2) is 29.9 Å². The van der Waals surface area contributed by atoms with Crippen molar-refractivity contribution < 1.29 is 25.1 Å². The Labute approximate surface area is 202 Å². The van der Waals surface area contributed by atoms with E-state index in [9.17, 15) is 19.8 Å². The van der Waals surface area contributed by atoms with Crippen molar-refractivity contribution in [1.29, 1.82) is 0 Å². The SMILES string of the molecule is C[NH2+]C(C)C(O)c1ccccc1.O=C([O-])c1ccc(C(=O)C2C34CCCCC23CCCC4)cc1. The molecule has 3 fully saturated rings. The van der Waals surface area contributed by atoms with E-state index in [2.05, 4.69) is 0 Å². The summed E-state index contributed by atoms with van der Waals surface area (Å²) in [5.74, 6) is -0.766. The number of carbonyl (C=O) groups is 2. The maximum atomic E-state index is 13.0. The Morgan fingerprint density at radius 1 is 0.882 bits per heavy atom. The molecule has 2 unspecified atom stereocenters. The number of ketones is 1. The number of aromatic carboxylic acids is 1. The molecule has 0 bridgehead atoms. The van der Waals surface area contributed by atoms with Gasteiger partial charge < -0.3 is 20.3 Å². The first-order valence-corrected chi connectivity index (χ1v) is 12.7. The number of nitrogens with two attached hydrogens (primary N) is 1. The first-order valence-electron chi connectivity index (χ1n) is 12.7. The molecule has 3 aliphatic rings. The fourth-order valence-corrected chi connectivity index (χ4v) is 6.90. The predicted octanol–water partition coefficient (Wildman–Crippen LogP) is 3.29. The maximum absolute atomic E-state index is 13.0. The number of Topliss-reactive ketones (excluding diaryl/α,β-unsaturated/α-hetero) is 1. The molecule has 3 aliphatic carbocycles. The zero-order chi connectivity index (χ0) is 24.3. The van der Waals surface area contributed by atoms with Crippen LogP contribution >= 0.6 is 0 Å². The summed E-state index contributed by atoms with van der Waals surface area (Å²) in [6, 6.07) is 16.3. The molecule has 3 saturated carbocycles. The van der Waals surface area contributed by atoms with E-state index in [0.29, 0.717) is 5.56 Å². The number of hydrogen-bond acceptors (Lipinski definition) is 4. The van der Waals surface area contributed by atoms with Gasteiger partial charge in [0.2, 0.25) is 0 Å². The number of likely N-dealkylation sites (N-methyl/N-ethyl adjacent to an activating group) is 1. The largest absolute Gasteiger partial charge is 0.545 e. The molecule has 0 aromatic heterocycles. The molecule has 3 N–H and O–H groups in total. The number of carboxylic acid groups (broad SMARTS) is 1. The molecule has 0 heterocycles. The van der Waals surface area contributed by atoms with E-state index in [1.54, 1.807) is 12.1 Å². The molecule has 0 radical (unpaired) electrons. The first-order chi connectivity index (χ1) is 16.4. The summed E-state index contributed by atoms with van der Waals surface area (Å²) in [4.78, 5) is 23.9. The van der Waals surface area contributed by atoms with E-state index in [1.807, 2.05) is 49.6 Å². The van der Waals surface area contributed by atoms with Crippen LogP contribution in [-0.2, 0) is 0 Å². The van der Waals surface area contributed by atoms with Crippen molar-refractivity contribution in [2.45, 2.75) is 70.4 Å². The van der Waals surface area contributed by atoms with Crippen LogP contribution in [0.1, 0.15) is 90.7 Å². The van der Waals surface area contributed by atoms with E-state index < -0.39 is 5.97 Å². The summed E-state index contributed by atoms with van der Waals surface area (Å²) in [6.07, 6.45) is 9.51. The second kappa shape index (κ2) is 10.0. The molecule has 0 spiro atoms. The maximum Gasteiger partial charge on any atom is 0.167 e. The molecule has 0 amide bonds. The minimum Gasteiger partial charge on any atom is -0.545 e. The number of carbonyl (C=O) groups excluding carboxylic acids is 2. The van der Waals surface area contributed by atoms with Gasteiger partial charge in [0.15, 0.2) is 5.78 Å². The second-order valence-electron chi connectivity index (χ2n) is 10.4. The van der Waals surface area contributed by atoms with Crippen LogP contribution in [0.3, 0.4) is 0 Å². The standard InChI is InChI=1S/C19H22O3.C10H15NO/c20-15(13-5-7-14(8-6-13)17(21)22)16-18-9-1-2-10-19(16,18)12-4-3-11-18;1-8(11-2)10(12)9-6-4-3-5-7-9/h5-8,16H,1-4,9-12H2,(H,21,22);3-8,10-12H,1-2H3. The van der Waals surface area contributed by atoms with Gasteiger partial charge in [-0.25, -0.2) is 0 Å². The molecule has 5 heteroatoms. The summed E-state index contributed by atoms with van der Waals surface area (Å²) in [7, 11) is 1.97. The van der Waals surface area contributed by atoms with Crippen LogP contribution in [0.5, 0.6) is 0 Å². The number of aliphatic hydroxyl groups excluding tert-OH is 1. The van der Waals surface area contributed by atoms with Gasteiger partial charge in [0, 0.05) is 11.5 Å². The van der Waals surface area contributed by atoms with Crippen LogP contribution < -0.4 is 10.4 Å². The van der Waals surface area contributed by atoms with Gasteiger partial charge in [-0.1, -0.05) is 80.3 Å². The Bertz CT molecular complexity index is 967. The average Bonchev–Trinajstić information content (AvgIpc) is 3.52. The molecular formula is C29H37NO4. The highest BCUT2D eigenvalue weighted by atomic mass is 16.4. The second-order valence-corrected chi connectivity index (χ2v) is 10.4. The molecule has 0 saturated heterocycles.